The molecule has 0 radical (unpaired) electrons. The molecule has 1 aromatic heterocycles. The molecular formula is C21H22F3N3O3S. The van der Waals surface area contributed by atoms with Crippen molar-refractivity contribution in [1.29, 1.82) is 0 Å². The second-order valence-electron chi connectivity index (χ2n) is 7.68. The molecule has 0 unspecified atom stereocenters. The topological polar surface area (TPSA) is 74.4 Å². The van der Waals surface area contributed by atoms with Crippen molar-refractivity contribution in [3.63, 3.8) is 0 Å². The van der Waals surface area contributed by atoms with Gasteiger partial charge in [-0.3, -0.25) is 4.72 Å². The van der Waals surface area contributed by atoms with Crippen LogP contribution in [-0.2, 0) is 16.4 Å². The Morgan fingerprint density at radius 3 is 2.58 bits per heavy atom. The first-order valence-corrected chi connectivity index (χ1v) is 11.3. The number of hydrogen-bond donors (Lipinski definition) is 2. The van der Waals surface area contributed by atoms with Gasteiger partial charge in [0, 0.05) is 28.8 Å². The summed E-state index contributed by atoms with van der Waals surface area (Å²) < 4.78 is 68.5. The van der Waals surface area contributed by atoms with Crippen LogP contribution in [0.2, 0.25) is 0 Å². The third-order valence-electron chi connectivity index (χ3n) is 5.51. The van der Waals surface area contributed by atoms with Gasteiger partial charge in [0.05, 0.1) is 4.90 Å². The van der Waals surface area contributed by atoms with Gasteiger partial charge in [0.2, 0.25) is 0 Å². The number of fused-ring (bicyclic) bond motifs is 1. The Morgan fingerprint density at radius 1 is 1.19 bits per heavy atom. The highest BCUT2D eigenvalue weighted by atomic mass is 32.2. The number of rotatable bonds is 6. The molecule has 2 aromatic carbocycles. The van der Waals surface area contributed by atoms with Gasteiger partial charge in [-0.25, -0.2) is 8.42 Å². The number of aromatic amines is 1. The first-order chi connectivity index (χ1) is 14.6. The van der Waals surface area contributed by atoms with Gasteiger partial charge in [-0.15, -0.1) is 13.2 Å². The van der Waals surface area contributed by atoms with Crippen molar-refractivity contribution in [3.05, 3.63) is 54.2 Å². The van der Waals surface area contributed by atoms with E-state index in [9.17, 15) is 21.6 Å². The SMILES string of the molecule is CN1CCC[C@@H]1Cc1c[nH]c2ccc(NS(=O)(=O)c3ccc(OC(F)(F)F)cc3)cc12. The normalized spacial score (nSPS) is 17.9. The lowest BCUT2D eigenvalue weighted by Gasteiger charge is -2.18. The monoisotopic (exact) mass is 453 g/mol. The average Bonchev–Trinajstić information content (AvgIpc) is 3.27. The number of aromatic nitrogens is 1. The number of alkyl halides is 3. The predicted octanol–water partition coefficient (Wildman–Crippen LogP) is 4.50. The van der Waals surface area contributed by atoms with Gasteiger partial charge in [-0.1, -0.05) is 0 Å². The van der Waals surface area contributed by atoms with Gasteiger partial charge in [0.25, 0.3) is 10.0 Å². The van der Waals surface area contributed by atoms with E-state index in [1.165, 1.54) is 6.42 Å². The largest absolute Gasteiger partial charge is 0.573 e. The molecule has 10 heteroatoms. The van der Waals surface area contributed by atoms with Crippen molar-refractivity contribution in [2.75, 3.05) is 18.3 Å². The third-order valence-corrected chi connectivity index (χ3v) is 6.91. The summed E-state index contributed by atoms with van der Waals surface area (Å²) in [4.78, 5) is 5.39. The Kier molecular flexibility index (Phi) is 5.61. The van der Waals surface area contributed by atoms with Crippen LogP contribution in [-0.4, -0.2) is 44.3 Å². The number of halogens is 3. The number of likely N-dealkylation sites (N-methyl/N-ethyl adjacent to an activating group) is 1. The van der Waals surface area contributed by atoms with Gasteiger partial charge >= 0.3 is 6.36 Å². The number of sulfonamides is 1. The average molecular weight is 453 g/mol. The van der Waals surface area contributed by atoms with Crippen LogP contribution in [0.4, 0.5) is 18.9 Å². The molecular weight excluding hydrogens is 431 g/mol. The van der Waals surface area contributed by atoms with Crippen molar-refractivity contribution in [2.24, 2.45) is 0 Å². The van der Waals surface area contributed by atoms with Crippen LogP contribution < -0.4 is 9.46 Å². The first-order valence-electron chi connectivity index (χ1n) is 9.80. The Bertz CT molecular complexity index is 1170. The summed E-state index contributed by atoms with van der Waals surface area (Å²) in [7, 11) is -1.87. The summed E-state index contributed by atoms with van der Waals surface area (Å²) in [5.74, 6) is -0.485. The van der Waals surface area contributed by atoms with Crippen molar-refractivity contribution in [3.8, 4) is 5.75 Å². The van der Waals surface area contributed by atoms with E-state index < -0.39 is 22.1 Å². The summed E-state index contributed by atoms with van der Waals surface area (Å²) in [6.45, 7) is 1.07. The van der Waals surface area contributed by atoms with Gasteiger partial charge < -0.3 is 14.6 Å². The summed E-state index contributed by atoms with van der Waals surface area (Å²) in [5.41, 5.74) is 2.40. The molecule has 4 rings (SSSR count). The highest BCUT2D eigenvalue weighted by Gasteiger charge is 2.31. The van der Waals surface area contributed by atoms with E-state index in [2.05, 4.69) is 26.4 Å². The summed E-state index contributed by atoms with van der Waals surface area (Å²) >= 11 is 0. The molecule has 0 aliphatic carbocycles. The van der Waals surface area contributed by atoms with E-state index in [1.807, 2.05) is 6.20 Å². The van der Waals surface area contributed by atoms with Gasteiger partial charge in [0.1, 0.15) is 5.75 Å². The lowest BCUT2D eigenvalue weighted by molar-refractivity contribution is -0.274. The number of likely N-dealkylation sites (tertiary alicyclic amines) is 1. The molecule has 1 aliphatic heterocycles. The molecule has 1 aliphatic rings. The number of nitrogens with one attached hydrogen (secondary N) is 2. The molecule has 2 N–H and O–H groups in total. The highest BCUT2D eigenvalue weighted by Crippen LogP contribution is 2.29. The second-order valence-corrected chi connectivity index (χ2v) is 9.36. The first kappa shape index (κ1) is 21.5. The molecule has 6 nitrogen and oxygen atoms in total. The number of benzene rings is 2. The van der Waals surface area contributed by atoms with Crippen molar-refractivity contribution in [2.45, 2.75) is 36.6 Å². The van der Waals surface area contributed by atoms with E-state index >= 15 is 0 Å². The number of H-pyrrole nitrogens is 1. The maximum Gasteiger partial charge on any atom is 0.573 e. The summed E-state index contributed by atoms with van der Waals surface area (Å²) in [6, 6.07) is 9.74. The number of anilines is 1. The lowest BCUT2D eigenvalue weighted by Crippen LogP contribution is -2.26. The molecule has 0 spiro atoms. The summed E-state index contributed by atoms with van der Waals surface area (Å²) in [6.07, 6.45) is 0.280. The standard InChI is InChI=1S/C21H22F3N3O3S/c1-27-10-2-3-16(27)11-14-13-25-20-9-4-15(12-19(14)20)26-31(28,29)18-7-5-17(6-8-18)30-21(22,23)24/h4-9,12-13,16,25-26H,2-3,10-11H2,1H3/t16-/m1/s1. The van der Waals surface area contributed by atoms with E-state index in [0.29, 0.717) is 11.7 Å². The predicted molar refractivity (Wildman–Crippen MR) is 112 cm³/mol. The molecule has 0 amide bonds. The maximum absolute atomic E-state index is 12.7. The van der Waals surface area contributed by atoms with E-state index in [-0.39, 0.29) is 4.90 Å². The maximum atomic E-state index is 12.7. The zero-order valence-electron chi connectivity index (χ0n) is 16.7. The van der Waals surface area contributed by atoms with Crippen molar-refractivity contribution in [1.82, 2.24) is 9.88 Å². The molecule has 0 bridgehead atoms. The van der Waals surface area contributed by atoms with Gasteiger partial charge in [-0.2, -0.15) is 0 Å². The minimum Gasteiger partial charge on any atom is -0.406 e. The third kappa shape index (κ3) is 4.96. The Labute approximate surface area is 178 Å². The Hall–Kier alpha value is -2.72. The number of nitrogens with zero attached hydrogens (tertiary/aromatic N) is 1. The van der Waals surface area contributed by atoms with Gasteiger partial charge in [0.15, 0.2) is 0 Å². The summed E-state index contributed by atoms with van der Waals surface area (Å²) in [5, 5.41) is 0.939. The van der Waals surface area contributed by atoms with Crippen molar-refractivity contribution < 1.29 is 26.3 Å². The Morgan fingerprint density at radius 2 is 1.94 bits per heavy atom. The second kappa shape index (κ2) is 8.08. The quantitative estimate of drug-likeness (QED) is 0.576. The molecule has 2 heterocycles. The lowest BCUT2D eigenvalue weighted by atomic mass is 10.0. The molecule has 3 aromatic rings. The smallest absolute Gasteiger partial charge is 0.406 e. The van der Waals surface area contributed by atoms with Crippen LogP contribution in [0.5, 0.6) is 5.75 Å². The van der Waals surface area contributed by atoms with Crippen molar-refractivity contribution >= 4 is 26.6 Å². The van der Waals surface area contributed by atoms with E-state index in [1.54, 1.807) is 18.2 Å². The highest BCUT2D eigenvalue weighted by molar-refractivity contribution is 7.92. The molecule has 166 valence electrons. The fourth-order valence-electron chi connectivity index (χ4n) is 3.94. The fraction of sp³-hybridized carbons (Fsp3) is 0.333. The van der Waals surface area contributed by atoms with Crippen LogP contribution in [0.25, 0.3) is 10.9 Å². The zero-order valence-corrected chi connectivity index (χ0v) is 17.6. The minimum absolute atomic E-state index is 0.163. The fourth-order valence-corrected chi connectivity index (χ4v) is 4.99. The van der Waals surface area contributed by atoms with E-state index in [4.69, 9.17) is 0 Å². The number of hydrogen-bond acceptors (Lipinski definition) is 4. The zero-order chi connectivity index (χ0) is 22.2. The minimum atomic E-state index is -4.84. The van der Waals surface area contributed by atoms with Crippen LogP contribution in [0, 0.1) is 0 Å². The van der Waals surface area contributed by atoms with Crippen LogP contribution in [0.3, 0.4) is 0 Å². The Balaban J connectivity index is 1.54. The molecule has 1 saturated heterocycles. The van der Waals surface area contributed by atoms with Crippen LogP contribution >= 0.6 is 0 Å². The van der Waals surface area contributed by atoms with Crippen LogP contribution in [0.1, 0.15) is 18.4 Å². The molecule has 0 saturated carbocycles. The van der Waals surface area contributed by atoms with E-state index in [0.717, 1.165) is 60.1 Å². The van der Waals surface area contributed by atoms with Gasteiger partial charge in [-0.05, 0) is 80.9 Å². The molecule has 1 atom stereocenters. The molecule has 1 fully saturated rings. The number of ether oxygens (including phenoxy) is 1. The molecule has 31 heavy (non-hydrogen) atoms. The van der Waals surface area contributed by atoms with Crippen LogP contribution in [0.15, 0.2) is 53.6 Å².